The molecule has 0 amide bonds. The van der Waals surface area contributed by atoms with Gasteiger partial charge in [-0.1, -0.05) is 166 Å². The minimum atomic E-state index is -0.389. The van der Waals surface area contributed by atoms with Gasteiger partial charge in [0.1, 0.15) is 16.7 Å². The van der Waals surface area contributed by atoms with Gasteiger partial charge in [0.05, 0.1) is 16.8 Å². The Hall–Kier alpha value is -7.82. The minimum absolute atomic E-state index is 0.0236. The van der Waals surface area contributed by atoms with Crippen molar-refractivity contribution in [2.75, 3.05) is 9.80 Å². The Kier molecular flexibility index (Phi) is 9.85. The smallest absolute Gasteiger partial charge is 0.160 e. The summed E-state index contributed by atoms with van der Waals surface area (Å²) in [7, 11) is 0. The molecule has 0 spiro atoms. The van der Waals surface area contributed by atoms with Crippen LogP contribution in [0.1, 0.15) is 114 Å². The number of aryl methyl sites for hydroxylation is 2. The lowest BCUT2D eigenvalue weighted by atomic mass is 9.79. The van der Waals surface area contributed by atoms with E-state index in [4.69, 9.17) is 8.83 Å². The van der Waals surface area contributed by atoms with Crippen LogP contribution in [0.15, 0.2) is 179 Å². The maximum Gasteiger partial charge on any atom is 0.160 e. The predicted octanol–water partition coefficient (Wildman–Crippen LogP) is 20.2. The van der Waals surface area contributed by atoms with Gasteiger partial charge in [-0.3, -0.25) is 0 Å². The van der Waals surface area contributed by atoms with Gasteiger partial charge in [-0.05, 0) is 159 Å². The fourth-order valence-corrected chi connectivity index (χ4v) is 12.6. The standard InChI is InChI=1S/C70H64N2O2/c1-41-21-13-17-25-55(41)71(45-33-29-43(30-34-45)67(3,4)5)57-39-54-62(66-63(57)47-23-15-19-27-59(47)74-66)50-38-51-49(37-52(50)70(54,11)12)61-53(69(51,9)10)40-58(65-64(61)48-24-16-20-28-60(48)73-65)72(56-26-18-14-22-42(56)2)46-35-31-44(32-36-46)68(6,7)8/h13-40H,1-12H3. The maximum absolute atomic E-state index is 7.25. The van der Waals surface area contributed by atoms with Crippen molar-refractivity contribution in [3.63, 3.8) is 0 Å². The van der Waals surface area contributed by atoms with Gasteiger partial charge >= 0.3 is 0 Å². The van der Waals surface area contributed by atoms with E-state index in [1.54, 1.807) is 0 Å². The highest BCUT2D eigenvalue weighted by Crippen LogP contribution is 2.62. The molecule has 9 aromatic carbocycles. The second-order valence-electron chi connectivity index (χ2n) is 24.3. The van der Waals surface area contributed by atoms with Crippen molar-refractivity contribution in [2.24, 2.45) is 0 Å². The van der Waals surface area contributed by atoms with Gasteiger partial charge in [0, 0.05) is 55.3 Å². The number of para-hydroxylation sites is 4. The Balaban J connectivity index is 1.07. The van der Waals surface area contributed by atoms with Crippen LogP contribution in [0.3, 0.4) is 0 Å². The topological polar surface area (TPSA) is 32.8 Å². The molecule has 0 bridgehead atoms. The van der Waals surface area contributed by atoms with E-state index in [1.807, 2.05) is 0 Å². The van der Waals surface area contributed by atoms with Crippen molar-refractivity contribution in [2.45, 2.75) is 105 Å². The first-order valence-corrected chi connectivity index (χ1v) is 26.4. The third kappa shape index (κ3) is 6.66. The molecule has 0 N–H and O–H groups in total. The number of fused-ring (bicyclic) bond motifs is 14. The Morgan fingerprint density at radius 1 is 0.378 bits per heavy atom. The normalized spacial score (nSPS) is 14.4. The SMILES string of the molecule is Cc1ccccc1N(c1ccc(C(C)(C)C)cc1)c1cc2c(c3c1oc1ccccc13)-c1cc3c(cc1C2(C)C)-c1c(cc(N(c2ccc(C(C)(C)C)cc2)c2ccccc2C)c2c1oc1ccccc12)C3(C)C. The van der Waals surface area contributed by atoms with E-state index in [9.17, 15) is 0 Å². The van der Waals surface area contributed by atoms with Crippen LogP contribution in [0.25, 0.3) is 66.1 Å². The Morgan fingerprint density at radius 3 is 1.28 bits per heavy atom. The van der Waals surface area contributed by atoms with Crippen LogP contribution in [0.5, 0.6) is 0 Å². The molecule has 0 fully saturated rings. The maximum atomic E-state index is 7.25. The van der Waals surface area contributed by atoms with E-state index in [0.717, 1.165) is 78.0 Å². The molecule has 0 radical (unpaired) electrons. The fourth-order valence-electron chi connectivity index (χ4n) is 12.6. The van der Waals surface area contributed by atoms with Gasteiger partial charge in [-0.25, -0.2) is 0 Å². The zero-order valence-electron chi connectivity index (χ0n) is 44.9. The van der Waals surface area contributed by atoms with Crippen molar-refractivity contribution < 1.29 is 8.83 Å². The summed E-state index contributed by atoms with van der Waals surface area (Å²) in [6.07, 6.45) is 0. The summed E-state index contributed by atoms with van der Waals surface area (Å²) in [4.78, 5) is 4.91. The van der Waals surface area contributed by atoms with Crippen LogP contribution in [0, 0.1) is 13.8 Å². The Morgan fingerprint density at radius 2 is 0.784 bits per heavy atom. The third-order valence-electron chi connectivity index (χ3n) is 16.8. The summed E-state index contributed by atoms with van der Waals surface area (Å²) in [5.41, 5.74) is 24.6. The van der Waals surface area contributed by atoms with Crippen LogP contribution in [-0.2, 0) is 21.7 Å². The molecule has 11 aromatic rings. The first-order chi connectivity index (χ1) is 35.3. The fraction of sp³-hybridized carbons (Fsp3) is 0.229. The van der Waals surface area contributed by atoms with Crippen LogP contribution >= 0.6 is 0 Å². The zero-order valence-corrected chi connectivity index (χ0v) is 44.9. The second kappa shape index (κ2) is 15.8. The summed E-state index contributed by atoms with van der Waals surface area (Å²) in [5.74, 6) is 0. The van der Waals surface area contributed by atoms with Gasteiger partial charge in [-0.2, -0.15) is 0 Å². The van der Waals surface area contributed by atoms with Crippen LogP contribution in [0.4, 0.5) is 34.1 Å². The Labute approximate surface area is 435 Å². The van der Waals surface area contributed by atoms with E-state index >= 15 is 0 Å². The van der Waals surface area contributed by atoms with E-state index in [2.05, 4.69) is 263 Å². The van der Waals surface area contributed by atoms with Crippen molar-refractivity contribution in [3.05, 3.63) is 214 Å². The summed E-state index contributed by atoms with van der Waals surface area (Å²) in [6, 6.07) is 63.1. The second-order valence-corrected chi connectivity index (χ2v) is 24.3. The van der Waals surface area contributed by atoms with Gasteiger partial charge in [0.25, 0.3) is 0 Å². The highest BCUT2D eigenvalue weighted by molar-refractivity contribution is 6.21. The molecular weight excluding hydrogens is 901 g/mol. The first-order valence-electron chi connectivity index (χ1n) is 26.4. The largest absolute Gasteiger partial charge is 0.455 e. The molecule has 0 unspecified atom stereocenters. The van der Waals surface area contributed by atoms with Crippen LogP contribution in [0.2, 0.25) is 0 Å². The molecule has 366 valence electrons. The summed E-state index contributed by atoms with van der Waals surface area (Å²) >= 11 is 0. The average Bonchev–Trinajstić information content (AvgIpc) is 4.11. The van der Waals surface area contributed by atoms with Gasteiger partial charge in [0.15, 0.2) is 5.58 Å². The number of hydrogen-bond donors (Lipinski definition) is 0. The average molecular weight is 965 g/mol. The van der Waals surface area contributed by atoms with Crippen molar-refractivity contribution in [3.8, 4) is 22.3 Å². The number of hydrogen-bond acceptors (Lipinski definition) is 4. The summed E-state index contributed by atoms with van der Waals surface area (Å²) < 4.78 is 14.4. The van der Waals surface area contributed by atoms with Crippen molar-refractivity contribution in [1.29, 1.82) is 0 Å². The predicted molar refractivity (Wildman–Crippen MR) is 312 cm³/mol. The minimum Gasteiger partial charge on any atom is -0.455 e. The molecule has 0 saturated carbocycles. The zero-order chi connectivity index (χ0) is 51.4. The van der Waals surface area contributed by atoms with Crippen LogP contribution < -0.4 is 9.80 Å². The number of anilines is 6. The van der Waals surface area contributed by atoms with Crippen LogP contribution in [-0.4, -0.2) is 0 Å². The summed E-state index contributed by atoms with van der Waals surface area (Å²) in [6.45, 7) is 27.8. The third-order valence-corrected chi connectivity index (χ3v) is 16.8. The molecule has 0 saturated heterocycles. The van der Waals surface area contributed by atoms with Gasteiger partial charge < -0.3 is 18.6 Å². The molecule has 2 aliphatic carbocycles. The van der Waals surface area contributed by atoms with E-state index in [1.165, 1.54) is 66.8 Å². The number of furan rings is 2. The molecule has 4 nitrogen and oxygen atoms in total. The molecule has 2 heterocycles. The molecule has 4 heteroatoms. The number of rotatable bonds is 6. The van der Waals surface area contributed by atoms with Gasteiger partial charge in [-0.15, -0.1) is 0 Å². The molecular formula is C70H64N2O2. The van der Waals surface area contributed by atoms with E-state index in [-0.39, 0.29) is 21.7 Å². The highest BCUT2D eigenvalue weighted by Gasteiger charge is 2.45. The van der Waals surface area contributed by atoms with Crippen molar-refractivity contribution in [1.82, 2.24) is 0 Å². The lowest BCUT2D eigenvalue weighted by Gasteiger charge is -2.30. The molecule has 2 aliphatic rings. The Bertz CT molecular complexity index is 4110. The first kappa shape index (κ1) is 46.0. The summed E-state index contributed by atoms with van der Waals surface area (Å²) in [5, 5.41) is 4.52. The van der Waals surface area contributed by atoms with Gasteiger partial charge in [0.2, 0.25) is 0 Å². The molecule has 2 aromatic heterocycles. The van der Waals surface area contributed by atoms with Crippen molar-refractivity contribution >= 4 is 78.0 Å². The number of benzene rings is 9. The van der Waals surface area contributed by atoms with E-state index in [0.29, 0.717) is 0 Å². The molecule has 0 atom stereocenters. The lowest BCUT2D eigenvalue weighted by molar-refractivity contribution is 0.590. The number of nitrogens with zero attached hydrogens (tertiary/aromatic N) is 2. The molecule has 74 heavy (non-hydrogen) atoms. The highest BCUT2D eigenvalue weighted by atomic mass is 16.3. The lowest BCUT2D eigenvalue weighted by Crippen LogP contribution is -2.18. The molecule has 0 aliphatic heterocycles. The molecule has 13 rings (SSSR count). The monoisotopic (exact) mass is 964 g/mol. The van der Waals surface area contributed by atoms with E-state index < -0.39 is 0 Å². The quantitative estimate of drug-likeness (QED) is 0.166.